The number of nitro benzene ring substituents is 1. The summed E-state index contributed by atoms with van der Waals surface area (Å²) in [6.07, 6.45) is 3.75. The van der Waals surface area contributed by atoms with Crippen LogP contribution in [0.4, 0.5) is 5.69 Å². The first-order valence-corrected chi connectivity index (χ1v) is 6.47. The van der Waals surface area contributed by atoms with E-state index in [9.17, 15) is 10.1 Å². The van der Waals surface area contributed by atoms with Crippen LogP contribution in [-0.4, -0.2) is 33.8 Å². The summed E-state index contributed by atoms with van der Waals surface area (Å²) in [5.74, 6) is 0.652. The first-order chi connectivity index (χ1) is 9.99. The fourth-order valence-electron chi connectivity index (χ4n) is 2.21. The van der Waals surface area contributed by atoms with Crippen LogP contribution in [0.5, 0.6) is 5.75 Å². The van der Waals surface area contributed by atoms with Crippen LogP contribution in [0.3, 0.4) is 0 Å². The van der Waals surface area contributed by atoms with E-state index < -0.39 is 4.92 Å². The van der Waals surface area contributed by atoms with Gasteiger partial charge in [0.15, 0.2) is 0 Å². The quantitative estimate of drug-likeness (QED) is 0.600. The number of hydrogen-bond donors (Lipinski definition) is 0. The van der Waals surface area contributed by atoms with Gasteiger partial charge in [0.05, 0.1) is 18.2 Å². The van der Waals surface area contributed by atoms with E-state index in [1.54, 1.807) is 30.1 Å². The van der Waals surface area contributed by atoms with E-state index >= 15 is 0 Å². The maximum Gasteiger partial charge on any atom is 0.270 e. The van der Waals surface area contributed by atoms with Crippen LogP contribution in [0, 0.1) is 10.1 Å². The Balaban J connectivity index is 2.13. The van der Waals surface area contributed by atoms with Gasteiger partial charge in [-0.1, -0.05) is 0 Å². The van der Waals surface area contributed by atoms with Gasteiger partial charge in [0, 0.05) is 49.6 Å². The zero-order valence-corrected chi connectivity index (χ0v) is 12.3. The predicted molar refractivity (Wildman–Crippen MR) is 78.0 cm³/mol. The lowest BCUT2D eigenvalue weighted by atomic mass is 10.1. The Morgan fingerprint density at radius 1 is 1.43 bits per heavy atom. The standard InChI is InChI=1S/C14H18N4O3/c1-16(8-11-7-15-17(2)9-11)10-12-6-13(18(19)20)4-5-14(12)21-3/h4-7,9H,8,10H2,1-3H3. The van der Waals surface area contributed by atoms with Gasteiger partial charge in [-0.3, -0.25) is 19.7 Å². The van der Waals surface area contributed by atoms with Crippen molar-refractivity contribution >= 4 is 5.69 Å². The molecule has 0 amide bonds. The molecule has 0 N–H and O–H groups in total. The minimum Gasteiger partial charge on any atom is -0.496 e. The first-order valence-electron chi connectivity index (χ1n) is 6.47. The summed E-state index contributed by atoms with van der Waals surface area (Å²) in [4.78, 5) is 12.5. The molecule has 1 heterocycles. The third kappa shape index (κ3) is 3.79. The minimum absolute atomic E-state index is 0.0700. The summed E-state index contributed by atoms with van der Waals surface area (Å²) < 4.78 is 7.02. The fourth-order valence-corrected chi connectivity index (χ4v) is 2.21. The van der Waals surface area contributed by atoms with Gasteiger partial charge >= 0.3 is 0 Å². The second-order valence-corrected chi connectivity index (χ2v) is 4.95. The molecular weight excluding hydrogens is 272 g/mol. The monoisotopic (exact) mass is 290 g/mol. The average Bonchev–Trinajstić information content (AvgIpc) is 2.83. The van der Waals surface area contributed by atoms with E-state index in [0.29, 0.717) is 18.8 Å². The Labute approximate surface area is 122 Å². The summed E-state index contributed by atoms with van der Waals surface area (Å²) in [6.45, 7) is 1.26. The van der Waals surface area contributed by atoms with Crippen molar-refractivity contribution in [2.75, 3.05) is 14.2 Å². The molecule has 0 aliphatic carbocycles. The summed E-state index contributed by atoms with van der Waals surface area (Å²) in [6, 6.07) is 4.63. The van der Waals surface area contributed by atoms with Gasteiger partial charge in [0.2, 0.25) is 0 Å². The Morgan fingerprint density at radius 3 is 2.76 bits per heavy atom. The van der Waals surface area contributed by atoms with Gasteiger partial charge in [-0.15, -0.1) is 0 Å². The van der Waals surface area contributed by atoms with Gasteiger partial charge in [0.1, 0.15) is 5.75 Å². The summed E-state index contributed by atoms with van der Waals surface area (Å²) >= 11 is 0. The Bertz CT molecular complexity index is 639. The molecule has 7 heteroatoms. The van der Waals surface area contributed by atoms with Crippen LogP contribution in [-0.2, 0) is 20.1 Å². The van der Waals surface area contributed by atoms with Gasteiger partial charge < -0.3 is 4.74 Å². The number of rotatable bonds is 6. The van der Waals surface area contributed by atoms with Crippen molar-refractivity contribution in [3.8, 4) is 5.75 Å². The number of benzene rings is 1. The summed E-state index contributed by atoms with van der Waals surface area (Å²) in [5.41, 5.74) is 1.95. The lowest BCUT2D eigenvalue weighted by Crippen LogP contribution is -2.17. The van der Waals surface area contributed by atoms with Crippen LogP contribution >= 0.6 is 0 Å². The van der Waals surface area contributed by atoms with E-state index in [1.807, 2.05) is 20.3 Å². The number of nitrogens with zero attached hydrogens (tertiary/aromatic N) is 4. The molecule has 7 nitrogen and oxygen atoms in total. The average molecular weight is 290 g/mol. The molecule has 0 radical (unpaired) electrons. The highest BCUT2D eigenvalue weighted by Gasteiger charge is 2.13. The molecule has 2 aromatic rings. The Morgan fingerprint density at radius 2 is 2.19 bits per heavy atom. The molecule has 0 unspecified atom stereocenters. The van der Waals surface area contributed by atoms with E-state index in [1.165, 1.54) is 6.07 Å². The number of aromatic nitrogens is 2. The number of aryl methyl sites for hydroxylation is 1. The molecule has 0 spiro atoms. The van der Waals surface area contributed by atoms with Gasteiger partial charge in [-0.25, -0.2) is 0 Å². The van der Waals surface area contributed by atoms with Gasteiger partial charge in [0.25, 0.3) is 5.69 Å². The van der Waals surface area contributed by atoms with Crippen molar-refractivity contribution in [1.29, 1.82) is 0 Å². The van der Waals surface area contributed by atoms with Crippen molar-refractivity contribution in [1.82, 2.24) is 14.7 Å². The van der Waals surface area contributed by atoms with Crippen molar-refractivity contribution in [2.24, 2.45) is 7.05 Å². The predicted octanol–water partition coefficient (Wildman–Crippen LogP) is 1.97. The highest BCUT2D eigenvalue weighted by molar-refractivity contribution is 5.43. The highest BCUT2D eigenvalue weighted by Crippen LogP contribution is 2.25. The third-order valence-corrected chi connectivity index (χ3v) is 3.13. The normalized spacial score (nSPS) is 10.9. The molecular formula is C14H18N4O3. The van der Waals surface area contributed by atoms with Crippen LogP contribution in [0.15, 0.2) is 30.6 Å². The molecule has 0 atom stereocenters. The van der Waals surface area contributed by atoms with Crippen LogP contribution in [0.1, 0.15) is 11.1 Å². The Kier molecular flexibility index (Phi) is 4.54. The molecule has 0 saturated heterocycles. The van der Waals surface area contributed by atoms with E-state index in [-0.39, 0.29) is 5.69 Å². The molecule has 0 bridgehead atoms. The topological polar surface area (TPSA) is 73.4 Å². The van der Waals surface area contributed by atoms with E-state index in [0.717, 1.165) is 11.1 Å². The molecule has 0 aliphatic heterocycles. The van der Waals surface area contributed by atoms with Crippen LogP contribution in [0.25, 0.3) is 0 Å². The number of non-ortho nitro benzene ring substituents is 1. The molecule has 0 fully saturated rings. The minimum atomic E-state index is -0.399. The third-order valence-electron chi connectivity index (χ3n) is 3.13. The lowest BCUT2D eigenvalue weighted by Gasteiger charge is -2.17. The van der Waals surface area contributed by atoms with Gasteiger partial charge in [-0.2, -0.15) is 5.10 Å². The van der Waals surface area contributed by atoms with Gasteiger partial charge in [-0.05, 0) is 13.1 Å². The zero-order chi connectivity index (χ0) is 15.4. The molecule has 112 valence electrons. The van der Waals surface area contributed by atoms with E-state index in [4.69, 9.17) is 4.74 Å². The lowest BCUT2D eigenvalue weighted by molar-refractivity contribution is -0.384. The van der Waals surface area contributed by atoms with Crippen molar-refractivity contribution in [3.63, 3.8) is 0 Å². The Hall–Kier alpha value is -2.41. The molecule has 21 heavy (non-hydrogen) atoms. The highest BCUT2D eigenvalue weighted by atomic mass is 16.6. The smallest absolute Gasteiger partial charge is 0.270 e. The van der Waals surface area contributed by atoms with Crippen molar-refractivity contribution in [2.45, 2.75) is 13.1 Å². The zero-order valence-electron chi connectivity index (χ0n) is 12.3. The summed E-state index contributed by atoms with van der Waals surface area (Å²) in [5, 5.41) is 15.0. The number of ether oxygens (including phenoxy) is 1. The maximum absolute atomic E-state index is 10.9. The summed E-state index contributed by atoms with van der Waals surface area (Å²) in [7, 11) is 5.38. The second-order valence-electron chi connectivity index (χ2n) is 4.95. The number of methoxy groups -OCH3 is 1. The molecule has 1 aromatic carbocycles. The molecule has 0 saturated carbocycles. The van der Waals surface area contributed by atoms with Crippen molar-refractivity contribution in [3.05, 3.63) is 51.8 Å². The second kappa shape index (κ2) is 6.36. The van der Waals surface area contributed by atoms with E-state index in [2.05, 4.69) is 10.00 Å². The van der Waals surface area contributed by atoms with Crippen molar-refractivity contribution < 1.29 is 9.66 Å². The first kappa shape index (κ1) is 15.0. The largest absolute Gasteiger partial charge is 0.496 e. The SMILES string of the molecule is COc1ccc([N+](=O)[O-])cc1CN(C)Cc1cnn(C)c1. The fraction of sp³-hybridized carbons (Fsp3) is 0.357. The molecule has 0 aliphatic rings. The number of nitro groups is 1. The number of hydrogen-bond acceptors (Lipinski definition) is 5. The maximum atomic E-state index is 10.9. The van der Waals surface area contributed by atoms with Crippen LogP contribution < -0.4 is 4.74 Å². The van der Waals surface area contributed by atoms with Crippen LogP contribution in [0.2, 0.25) is 0 Å². The molecule has 1 aromatic heterocycles. The molecule has 2 rings (SSSR count).